The van der Waals surface area contributed by atoms with Gasteiger partial charge in [0.25, 0.3) is 0 Å². The molecule has 1 aliphatic carbocycles. The Morgan fingerprint density at radius 3 is 2.06 bits per heavy atom. The average molecular weight is 503 g/mol. The average Bonchev–Trinajstić information content (AvgIpc) is 3.45. The van der Waals surface area contributed by atoms with Crippen LogP contribution in [0.3, 0.4) is 0 Å². The summed E-state index contributed by atoms with van der Waals surface area (Å²) < 4.78 is 1.04. The molecule has 0 spiro atoms. The third-order valence-corrected chi connectivity index (χ3v) is 8.78. The molecule has 160 valence electrons. The minimum absolute atomic E-state index is 0.0966. The van der Waals surface area contributed by atoms with Crippen molar-refractivity contribution in [3.8, 4) is 11.1 Å². The molecule has 0 N–H and O–H groups in total. The maximum Gasteiger partial charge on any atom is 0.192 e. The van der Waals surface area contributed by atoms with Crippen molar-refractivity contribution < 1.29 is 4.79 Å². The molecule has 0 amide bonds. The van der Waals surface area contributed by atoms with Gasteiger partial charge in [-0.3, -0.25) is 4.79 Å². The number of thioether (sulfide) groups is 2. The van der Waals surface area contributed by atoms with Crippen LogP contribution in [-0.4, -0.2) is 5.78 Å². The SMILES string of the molecule is O=C1C(=C2SC=CS2)C(c2ccc(Cl)cc2)c2cc3ccccc3c(-c3ccc(Cl)cc3)c21. The molecular weight excluding hydrogens is 487 g/mol. The summed E-state index contributed by atoms with van der Waals surface area (Å²) in [6.07, 6.45) is 0. The number of ketones is 1. The summed E-state index contributed by atoms with van der Waals surface area (Å²) >= 11 is 15.6. The van der Waals surface area contributed by atoms with Crippen LogP contribution in [0, 0.1) is 0 Å². The van der Waals surface area contributed by atoms with Crippen LogP contribution in [0.1, 0.15) is 27.4 Å². The maximum absolute atomic E-state index is 14.2. The van der Waals surface area contributed by atoms with Gasteiger partial charge in [-0.1, -0.05) is 95.3 Å². The molecule has 0 saturated heterocycles. The molecule has 5 heteroatoms. The first-order chi connectivity index (χ1) is 16.1. The van der Waals surface area contributed by atoms with E-state index in [2.05, 4.69) is 18.2 Å². The molecule has 1 aliphatic heterocycles. The second-order valence-electron chi connectivity index (χ2n) is 7.97. The highest BCUT2D eigenvalue weighted by atomic mass is 35.5. The Bertz CT molecular complexity index is 1480. The highest BCUT2D eigenvalue weighted by molar-refractivity contribution is 8.27. The molecular formula is C28H16Cl2OS2. The topological polar surface area (TPSA) is 17.1 Å². The zero-order valence-corrected chi connectivity index (χ0v) is 20.4. The molecule has 1 atom stereocenters. The van der Waals surface area contributed by atoms with Crippen molar-refractivity contribution in [3.63, 3.8) is 0 Å². The number of carbonyl (C=O) groups excluding carboxylic acids is 1. The Hall–Kier alpha value is -2.43. The summed E-state index contributed by atoms with van der Waals surface area (Å²) in [6.45, 7) is 0. The number of fused-ring (bicyclic) bond motifs is 2. The number of benzene rings is 4. The van der Waals surface area contributed by atoms with E-state index in [1.165, 1.54) is 0 Å². The number of rotatable bonds is 2. The summed E-state index contributed by atoms with van der Waals surface area (Å²) in [7, 11) is 0. The summed E-state index contributed by atoms with van der Waals surface area (Å²) in [5.74, 6) is -0.0466. The van der Waals surface area contributed by atoms with Crippen molar-refractivity contribution in [2.75, 3.05) is 0 Å². The van der Waals surface area contributed by atoms with Crippen LogP contribution in [0.4, 0.5) is 0 Å². The van der Waals surface area contributed by atoms with Crippen LogP contribution in [0.5, 0.6) is 0 Å². The van der Waals surface area contributed by atoms with E-state index in [9.17, 15) is 4.79 Å². The quantitative estimate of drug-likeness (QED) is 0.254. The summed E-state index contributed by atoms with van der Waals surface area (Å²) in [4.78, 5) is 14.2. The van der Waals surface area contributed by atoms with E-state index in [1.54, 1.807) is 23.5 Å². The predicted molar refractivity (Wildman–Crippen MR) is 143 cm³/mol. The fourth-order valence-corrected chi connectivity index (χ4v) is 6.90. The van der Waals surface area contributed by atoms with Crippen LogP contribution >= 0.6 is 46.7 Å². The lowest BCUT2D eigenvalue weighted by Gasteiger charge is -2.17. The van der Waals surface area contributed by atoms with E-state index >= 15 is 0 Å². The minimum Gasteiger partial charge on any atom is -0.289 e. The van der Waals surface area contributed by atoms with Gasteiger partial charge in [0.05, 0.1) is 4.24 Å². The molecule has 0 radical (unpaired) electrons. The van der Waals surface area contributed by atoms with Crippen LogP contribution in [0.2, 0.25) is 10.0 Å². The third kappa shape index (κ3) is 3.55. The smallest absolute Gasteiger partial charge is 0.192 e. The largest absolute Gasteiger partial charge is 0.289 e. The summed E-state index contributed by atoms with van der Waals surface area (Å²) in [6, 6.07) is 26.1. The van der Waals surface area contributed by atoms with E-state index in [0.29, 0.717) is 10.0 Å². The Labute approximate surface area is 210 Å². The van der Waals surface area contributed by atoms with Gasteiger partial charge in [-0.25, -0.2) is 0 Å². The van der Waals surface area contributed by atoms with E-state index in [0.717, 1.165) is 48.4 Å². The monoisotopic (exact) mass is 502 g/mol. The van der Waals surface area contributed by atoms with Crippen molar-refractivity contribution in [1.29, 1.82) is 0 Å². The van der Waals surface area contributed by atoms with Crippen molar-refractivity contribution in [2.45, 2.75) is 5.92 Å². The van der Waals surface area contributed by atoms with Gasteiger partial charge in [-0.05, 0) is 68.6 Å². The number of halogens is 2. The van der Waals surface area contributed by atoms with Crippen LogP contribution in [0.15, 0.2) is 99.5 Å². The second-order valence-corrected chi connectivity index (χ2v) is 10.9. The van der Waals surface area contributed by atoms with Crippen LogP contribution in [-0.2, 0) is 0 Å². The predicted octanol–water partition coefficient (Wildman–Crippen LogP) is 9.30. The number of Topliss-reactive ketones (excluding diaryl/α,β-unsaturated/α-hetero) is 1. The highest BCUT2D eigenvalue weighted by Crippen LogP contribution is 2.53. The zero-order chi connectivity index (χ0) is 22.5. The summed E-state index contributed by atoms with van der Waals surface area (Å²) in [5.41, 5.74) is 5.71. The van der Waals surface area contributed by atoms with Crippen molar-refractivity contribution in [3.05, 3.63) is 126 Å². The second kappa shape index (κ2) is 8.41. The zero-order valence-electron chi connectivity index (χ0n) is 17.2. The Morgan fingerprint density at radius 1 is 0.727 bits per heavy atom. The van der Waals surface area contributed by atoms with Gasteiger partial charge < -0.3 is 0 Å². The fourth-order valence-electron chi connectivity index (χ4n) is 4.73. The maximum atomic E-state index is 14.2. The lowest BCUT2D eigenvalue weighted by atomic mass is 9.86. The molecule has 0 aromatic heterocycles. The van der Waals surface area contributed by atoms with Gasteiger partial charge in [0.2, 0.25) is 0 Å². The molecule has 0 saturated carbocycles. The fraction of sp³-hybridized carbons (Fsp3) is 0.0357. The standard InChI is InChI=1S/C28H16Cl2OS2/c29-19-9-5-16(6-10-19)23-21-4-2-1-3-18(21)15-22-24(17-7-11-20(30)12-8-17)26(27(31)25(22)23)28-32-13-14-33-28/h1-15,24H. The molecule has 2 aliphatic rings. The number of allylic oxidation sites excluding steroid dienone is 1. The molecule has 0 bridgehead atoms. The molecule has 0 fully saturated rings. The number of hydrogen-bond acceptors (Lipinski definition) is 3. The van der Waals surface area contributed by atoms with Crippen molar-refractivity contribution in [2.24, 2.45) is 0 Å². The summed E-state index contributed by atoms with van der Waals surface area (Å²) in [5, 5.41) is 7.62. The first kappa shape index (κ1) is 21.1. The lowest BCUT2D eigenvalue weighted by molar-refractivity contribution is 0.103. The Morgan fingerprint density at radius 2 is 1.36 bits per heavy atom. The van der Waals surface area contributed by atoms with Gasteiger partial charge >= 0.3 is 0 Å². The normalized spacial score (nSPS) is 17.3. The Balaban J connectivity index is 1.71. The molecule has 1 unspecified atom stereocenters. The first-order valence-electron chi connectivity index (χ1n) is 10.5. The number of hydrogen-bond donors (Lipinski definition) is 0. The van der Waals surface area contributed by atoms with Crippen LogP contribution in [0.25, 0.3) is 21.9 Å². The third-order valence-electron chi connectivity index (χ3n) is 6.11. The molecule has 6 rings (SSSR count). The minimum atomic E-state index is -0.143. The molecule has 4 aromatic carbocycles. The van der Waals surface area contributed by atoms with E-state index in [1.807, 2.05) is 71.5 Å². The van der Waals surface area contributed by atoms with E-state index in [4.69, 9.17) is 23.2 Å². The van der Waals surface area contributed by atoms with Gasteiger partial charge in [-0.2, -0.15) is 0 Å². The Kier molecular flexibility index (Phi) is 5.38. The molecule has 33 heavy (non-hydrogen) atoms. The van der Waals surface area contributed by atoms with Gasteiger partial charge in [-0.15, -0.1) is 0 Å². The van der Waals surface area contributed by atoms with Crippen molar-refractivity contribution >= 4 is 63.3 Å². The molecule has 1 heterocycles. The first-order valence-corrected chi connectivity index (χ1v) is 13.0. The highest BCUT2D eigenvalue weighted by Gasteiger charge is 2.41. The number of carbonyl (C=O) groups is 1. The van der Waals surface area contributed by atoms with E-state index < -0.39 is 0 Å². The molecule has 1 nitrogen and oxygen atoms in total. The van der Waals surface area contributed by atoms with Gasteiger partial charge in [0.1, 0.15) is 0 Å². The van der Waals surface area contributed by atoms with Gasteiger partial charge in [0, 0.05) is 32.7 Å². The lowest BCUT2D eigenvalue weighted by Crippen LogP contribution is -2.04. The van der Waals surface area contributed by atoms with Crippen molar-refractivity contribution in [1.82, 2.24) is 0 Å². The molecule has 4 aromatic rings. The van der Waals surface area contributed by atoms with E-state index in [-0.39, 0.29) is 11.7 Å². The van der Waals surface area contributed by atoms with Gasteiger partial charge in [0.15, 0.2) is 5.78 Å². The van der Waals surface area contributed by atoms with Crippen LogP contribution < -0.4 is 0 Å².